The zero-order valence-corrected chi connectivity index (χ0v) is 16.4. The molecule has 0 aliphatic heterocycles. The second kappa shape index (κ2) is 8.25. The van der Waals surface area contributed by atoms with Crippen molar-refractivity contribution in [3.05, 3.63) is 101 Å². The van der Waals surface area contributed by atoms with Crippen LogP contribution in [0.2, 0.25) is 5.02 Å². The van der Waals surface area contributed by atoms with Crippen LogP contribution in [0.5, 0.6) is 11.5 Å². The highest BCUT2D eigenvalue weighted by Crippen LogP contribution is 2.28. The van der Waals surface area contributed by atoms with Gasteiger partial charge in [-0.25, -0.2) is 0 Å². The van der Waals surface area contributed by atoms with Gasteiger partial charge in [0.1, 0.15) is 23.0 Å². The number of halogens is 1. The van der Waals surface area contributed by atoms with Crippen molar-refractivity contribution in [3.8, 4) is 22.8 Å². The number of ether oxygens (including phenoxy) is 1. The largest absolute Gasteiger partial charge is 0.461 e. The number of amides is 1. The van der Waals surface area contributed by atoms with E-state index in [9.17, 15) is 4.79 Å². The van der Waals surface area contributed by atoms with Gasteiger partial charge in [0.2, 0.25) is 0 Å². The van der Waals surface area contributed by atoms with Crippen LogP contribution in [0.4, 0.5) is 5.69 Å². The van der Waals surface area contributed by atoms with E-state index < -0.39 is 0 Å². The molecule has 4 rings (SSSR count). The molecular weight excluding hydrogens is 386 g/mol. The Balaban J connectivity index is 1.46. The molecule has 3 aromatic carbocycles. The Kier molecular flexibility index (Phi) is 5.36. The van der Waals surface area contributed by atoms with Gasteiger partial charge in [-0.2, -0.15) is 0 Å². The Bertz CT molecular complexity index is 1120. The lowest BCUT2D eigenvalue weighted by Gasteiger charge is -2.07. The van der Waals surface area contributed by atoms with Crippen molar-refractivity contribution >= 4 is 23.2 Å². The summed E-state index contributed by atoms with van der Waals surface area (Å²) in [5.74, 6) is 2.39. The Labute approximate surface area is 173 Å². The molecule has 144 valence electrons. The van der Waals surface area contributed by atoms with Crippen LogP contribution in [-0.2, 0) is 0 Å². The van der Waals surface area contributed by atoms with E-state index in [1.165, 1.54) is 0 Å². The molecule has 1 heterocycles. The van der Waals surface area contributed by atoms with Gasteiger partial charge in [-0.05, 0) is 73.7 Å². The molecule has 5 heteroatoms. The maximum atomic E-state index is 12.7. The smallest absolute Gasteiger partial charge is 0.259 e. The van der Waals surface area contributed by atoms with E-state index in [2.05, 4.69) is 5.32 Å². The van der Waals surface area contributed by atoms with Gasteiger partial charge in [-0.15, -0.1) is 0 Å². The molecule has 0 saturated carbocycles. The summed E-state index contributed by atoms with van der Waals surface area (Å²) in [6, 6.07) is 25.8. The molecule has 0 fully saturated rings. The highest BCUT2D eigenvalue weighted by molar-refractivity contribution is 6.30. The molecule has 0 aliphatic carbocycles. The fourth-order valence-corrected chi connectivity index (χ4v) is 3.02. The monoisotopic (exact) mass is 403 g/mol. The van der Waals surface area contributed by atoms with E-state index in [1.807, 2.05) is 54.6 Å². The number of anilines is 1. The number of furan rings is 1. The number of aryl methyl sites for hydroxylation is 1. The molecule has 0 spiro atoms. The summed E-state index contributed by atoms with van der Waals surface area (Å²) in [6.45, 7) is 1.77. The number of benzene rings is 3. The Morgan fingerprint density at radius 2 is 1.55 bits per heavy atom. The van der Waals surface area contributed by atoms with Crippen molar-refractivity contribution < 1.29 is 13.9 Å². The molecule has 1 amide bonds. The van der Waals surface area contributed by atoms with Crippen LogP contribution < -0.4 is 10.1 Å². The SMILES string of the molecule is Cc1oc(-c2ccc(Cl)cc2)cc1C(=O)Nc1ccc(Oc2ccccc2)cc1. The molecule has 4 aromatic rings. The highest BCUT2D eigenvalue weighted by Gasteiger charge is 2.16. The highest BCUT2D eigenvalue weighted by atomic mass is 35.5. The Morgan fingerprint density at radius 1 is 0.897 bits per heavy atom. The summed E-state index contributed by atoms with van der Waals surface area (Å²) in [4.78, 5) is 12.7. The lowest BCUT2D eigenvalue weighted by molar-refractivity contribution is 0.102. The minimum atomic E-state index is -0.233. The van der Waals surface area contributed by atoms with Crippen molar-refractivity contribution in [2.24, 2.45) is 0 Å². The van der Waals surface area contributed by atoms with Gasteiger partial charge >= 0.3 is 0 Å². The maximum absolute atomic E-state index is 12.7. The molecule has 0 bridgehead atoms. The number of rotatable bonds is 5. The first-order chi connectivity index (χ1) is 14.1. The molecule has 0 atom stereocenters. The molecule has 0 unspecified atom stereocenters. The van der Waals surface area contributed by atoms with Crippen molar-refractivity contribution in [2.45, 2.75) is 6.92 Å². The van der Waals surface area contributed by atoms with Gasteiger partial charge in [-0.3, -0.25) is 4.79 Å². The van der Waals surface area contributed by atoms with Crippen molar-refractivity contribution in [2.75, 3.05) is 5.32 Å². The van der Waals surface area contributed by atoms with E-state index >= 15 is 0 Å². The normalized spacial score (nSPS) is 10.6. The molecule has 0 saturated heterocycles. The zero-order valence-electron chi connectivity index (χ0n) is 15.7. The minimum absolute atomic E-state index is 0.233. The number of hydrogen-bond acceptors (Lipinski definition) is 3. The van der Waals surface area contributed by atoms with Crippen LogP contribution in [0, 0.1) is 6.92 Å². The predicted octanol–water partition coefficient (Wildman–Crippen LogP) is 6.95. The Morgan fingerprint density at radius 3 is 2.24 bits per heavy atom. The zero-order chi connectivity index (χ0) is 20.2. The van der Waals surface area contributed by atoms with Gasteiger partial charge < -0.3 is 14.5 Å². The second-order valence-corrected chi connectivity index (χ2v) is 6.92. The van der Waals surface area contributed by atoms with E-state index in [-0.39, 0.29) is 5.91 Å². The average molecular weight is 404 g/mol. The molecule has 0 radical (unpaired) electrons. The van der Waals surface area contributed by atoms with Crippen LogP contribution in [0.1, 0.15) is 16.1 Å². The van der Waals surface area contributed by atoms with Crippen LogP contribution >= 0.6 is 11.6 Å². The third kappa shape index (κ3) is 4.50. The van der Waals surface area contributed by atoms with Crippen LogP contribution in [-0.4, -0.2) is 5.91 Å². The Hall–Kier alpha value is -3.50. The molecule has 1 N–H and O–H groups in total. The molecular formula is C24H18ClNO3. The third-order valence-electron chi connectivity index (χ3n) is 4.38. The standard InChI is InChI=1S/C24H18ClNO3/c1-16-22(15-23(28-16)17-7-9-18(25)10-8-17)24(27)26-19-11-13-21(14-12-19)29-20-5-3-2-4-6-20/h2-15H,1H3,(H,26,27). The molecule has 1 aromatic heterocycles. The quantitative estimate of drug-likeness (QED) is 0.392. The number of carbonyl (C=O) groups is 1. The lowest BCUT2D eigenvalue weighted by atomic mass is 10.1. The van der Waals surface area contributed by atoms with Gasteiger partial charge in [0.05, 0.1) is 5.56 Å². The van der Waals surface area contributed by atoms with Crippen molar-refractivity contribution in [1.29, 1.82) is 0 Å². The number of hydrogen-bond donors (Lipinski definition) is 1. The van der Waals surface area contributed by atoms with E-state index in [4.69, 9.17) is 20.8 Å². The summed E-state index contributed by atoms with van der Waals surface area (Å²) in [7, 11) is 0. The number of para-hydroxylation sites is 1. The molecule has 4 nitrogen and oxygen atoms in total. The van der Waals surface area contributed by atoms with Crippen LogP contribution in [0.3, 0.4) is 0 Å². The minimum Gasteiger partial charge on any atom is -0.461 e. The van der Waals surface area contributed by atoms with Gasteiger partial charge in [0.25, 0.3) is 5.91 Å². The fourth-order valence-electron chi connectivity index (χ4n) is 2.89. The summed E-state index contributed by atoms with van der Waals surface area (Å²) >= 11 is 5.93. The number of nitrogens with one attached hydrogen (secondary N) is 1. The molecule has 0 aliphatic rings. The summed E-state index contributed by atoms with van der Waals surface area (Å²) in [6.07, 6.45) is 0. The van der Waals surface area contributed by atoms with E-state index in [1.54, 1.807) is 37.3 Å². The van der Waals surface area contributed by atoms with Gasteiger partial charge in [0.15, 0.2) is 0 Å². The summed E-state index contributed by atoms with van der Waals surface area (Å²) < 4.78 is 11.5. The summed E-state index contributed by atoms with van der Waals surface area (Å²) in [5.41, 5.74) is 2.02. The first-order valence-corrected chi connectivity index (χ1v) is 9.47. The maximum Gasteiger partial charge on any atom is 0.259 e. The third-order valence-corrected chi connectivity index (χ3v) is 4.63. The lowest BCUT2D eigenvalue weighted by Crippen LogP contribution is -2.11. The number of carbonyl (C=O) groups excluding carboxylic acids is 1. The van der Waals surface area contributed by atoms with Crippen molar-refractivity contribution in [3.63, 3.8) is 0 Å². The van der Waals surface area contributed by atoms with Crippen LogP contribution in [0.15, 0.2) is 89.3 Å². The summed E-state index contributed by atoms with van der Waals surface area (Å²) in [5, 5.41) is 3.54. The van der Waals surface area contributed by atoms with Crippen molar-refractivity contribution in [1.82, 2.24) is 0 Å². The topological polar surface area (TPSA) is 51.5 Å². The second-order valence-electron chi connectivity index (χ2n) is 6.48. The van der Waals surface area contributed by atoms with Gasteiger partial charge in [-0.1, -0.05) is 29.8 Å². The molecule has 29 heavy (non-hydrogen) atoms. The first-order valence-electron chi connectivity index (χ1n) is 9.09. The fraction of sp³-hybridized carbons (Fsp3) is 0.0417. The van der Waals surface area contributed by atoms with E-state index in [0.717, 1.165) is 11.3 Å². The predicted molar refractivity (Wildman–Crippen MR) is 115 cm³/mol. The average Bonchev–Trinajstić information content (AvgIpc) is 3.12. The first kappa shape index (κ1) is 18.8. The van der Waals surface area contributed by atoms with Gasteiger partial charge in [0, 0.05) is 16.3 Å². The van der Waals surface area contributed by atoms with E-state index in [0.29, 0.717) is 33.5 Å². The van der Waals surface area contributed by atoms with Crippen LogP contribution in [0.25, 0.3) is 11.3 Å².